The Kier molecular flexibility index (Phi) is 6.17. The number of benzene rings is 1. The van der Waals surface area contributed by atoms with E-state index in [0.29, 0.717) is 23.8 Å². The third kappa shape index (κ3) is 5.83. The van der Waals surface area contributed by atoms with E-state index in [-0.39, 0.29) is 12.5 Å². The Morgan fingerprint density at radius 1 is 1.29 bits per heavy atom. The molecule has 0 aliphatic rings. The van der Waals surface area contributed by atoms with Crippen molar-refractivity contribution in [2.75, 3.05) is 24.1 Å². The molecule has 0 aliphatic heterocycles. The number of carbonyl (C=O) groups is 2. The van der Waals surface area contributed by atoms with Crippen LogP contribution >= 0.6 is 0 Å². The minimum atomic E-state index is -0.457. The van der Waals surface area contributed by atoms with Crippen LogP contribution in [0.5, 0.6) is 0 Å². The van der Waals surface area contributed by atoms with Crippen LogP contribution in [-0.2, 0) is 9.59 Å². The molecule has 0 aromatic heterocycles. The minimum Gasteiger partial charge on any atom is -0.399 e. The van der Waals surface area contributed by atoms with Crippen LogP contribution in [0.25, 0.3) is 0 Å². The van der Waals surface area contributed by atoms with Gasteiger partial charge in [-0.05, 0) is 31.0 Å². The molecule has 2 amide bonds. The van der Waals surface area contributed by atoms with Crippen LogP contribution in [0, 0.1) is 5.92 Å². The number of primary amides is 1. The van der Waals surface area contributed by atoms with Crippen molar-refractivity contribution >= 4 is 23.2 Å². The highest BCUT2D eigenvalue weighted by atomic mass is 16.2. The monoisotopic (exact) mass is 292 g/mol. The molecule has 0 saturated carbocycles. The SMILES string of the molecule is CC(C)CN(CC(N)=O)C(C)C(=O)Nc1cccc(N)c1. The first-order valence-corrected chi connectivity index (χ1v) is 6.98. The molecule has 1 aromatic rings. The maximum atomic E-state index is 12.3. The molecule has 5 N–H and O–H groups in total. The predicted molar refractivity (Wildman–Crippen MR) is 84.6 cm³/mol. The number of hydrogen-bond donors (Lipinski definition) is 3. The quantitative estimate of drug-likeness (QED) is 0.653. The fourth-order valence-electron chi connectivity index (χ4n) is 2.06. The standard InChI is InChI=1S/C15H24N4O2/c1-10(2)8-19(9-14(17)20)11(3)15(21)18-13-6-4-5-12(16)7-13/h4-7,10-11H,8-9,16H2,1-3H3,(H2,17,20)(H,18,21). The summed E-state index contributed by atoms with van der Waals surface area (Å²) in [6.07, 6.45) is 0. The van der Waals surface area contributed by atoms with Crippen LogP contribution < -0.4 is 16.8 Å². The van der Waals surface area contributed by atoms with E-state index in [4.69, 9.17) is 11.5 Å². The molecule has 6 nitrogen and oxygen atoms in total. The van der Waals surface area contributed by atoms with E-state index in [9.17, 15) is 9.59 Å². The molecule has 6 heteroatoms. The van der Waals surface area contributed by atoms with Gasteiger partial charge in [-0.2, -0.15) is 0 Å². The Bertz CT molecular complexity index is 502. The highest BCUT2D eigenvalue weighted by Gasteiger charge is 2.23. The molecule has 0 fully saturated rings. The van der Waals surface area contributed by atoms with Gasteiger partial charge in [0, 0.05) is 17.9 Å². The van der Waals surface area contributed by atoms with Gasteiger partial charge in [-0.15, -0.1) is 0 Å². The highest BCUT2D eigenvalue weighted by Crippen LogP contribution is 2.13. The molecule has 1 atom stereocenters. The Labute approximate surface area is 125 Å². The molecule has 21 heavy (non-hydrogen) atoms. The first-order chi connectivity index (χ1) is 9.79. The van der Waals surface area contributed by atoms with Crippen molar-refractivity contribution in [3.8, 4) is 0 Å². The van der Waals surface area contributed by atoms with Crippen LogP contribution in [0.3, 0.4) is 0 Å². The molecule has 1 aromatic carbocycles. The lowest BCUT2D eigenvalue weighted by molar-refractivity contribution is -0.124. The summed E-state index contributed by atoms with van der Waals surface area (Å²) in [5, 5.41) is 2.80. The average Bonchev–Trinajstić information content (AvgIpc) is 2.35. The molecule has 116 valence electrons. The van der Waals surface area contributed by atoms with Gasteiger partial charge in [-0.1, -0.05) is 19.9 Å². The van der Waals surface area contributed by atoms with Crippen LogP contribution in [0.1, 0.15) is 20.8 Å². The van der Waals surface area contributed by atoms with Gasteiger partial charge in [-0.25, -0.2) is 0 Å². The number of nitrogens with zero attached hydrogens (tertiary/aromatic N) is 1. The Balaban J connectivity index is 2.75. The molecule has 0 heterocycles. The number of nitrogen functional groups attached to an aromatic ring is 1. The summed E-state index contributed by atoms with van der Waals surface area (Å²) < 4.78 is 0. The number of nitrogens with one attached hydrogen (secondary N) is 1. The van der Waals surface area contributed by atoms with Crippen LogP contribution in [0.4, 0.5) is 11.4 Å². The second-order valence-corrected chi connectivity index (χ2v) is 5.58. The fourth-order valence-corrected chi connectivity index (χ4v) is 2.06. The van der Waals surface area contributed by atoms with E-state index in [0.717, 1.165) is 0 Å². The second kappa shape index (κ2) is 7.64. The zero-order valence-electron chi connectivity index (χ0n) is 12.8. The van der Waals surface area contributed by atoms with Crippen LogP contribution in [-0.4, -0.2) is 35.8 Å². The van der Waals surface area contributed by atoms with Crippen molar-refractivity contribution in [1.29, 1.82) is 0 Å². The smallest absolute Gasteiger partial charge is 0.241 e. The zero-order valence-corrected chi connectivity index (χ0v) is 12.8. The van der Waals surface area contributed by atoms with Crippen molar-refractivity contribution in [3.05, 3.63) is 24.3 Å². The summed E-state index contributed by atoms with van der Waals surface area (Å²) in [4.78, 5) is 25.2. The third-order valence-electron chi connectivity index (χ3n) is 3.04. The summed E-state index contributed by atoms with van der Waals surface area (Å²) in [7, 11) is 0. The van der Waals surface area contributed by atoms with Gasteiger partial charge in [-0.3, -0.25) is 14.5 Å². The first-order valence-electron chi connectivity index (χ1n) is 6.98. The Hall–Kier alpha value is -2.08. The van der Waals surface area contributed by atoms with Crippen molar-refractivity contribution in [2.24, 2.45) is 11.7 Å². The van der Waals surface area contributed by atoms with Crippen molar-refractivity contribution in [3.63, 3.8) is 0 Å². The third-order valence-corrected chi connectivity index (χ3v) is 3.04. The van der Waals surface area contributed by atoms with E-state index in [1.54, 1.807) is 36.1 Å². The molecule has 0 saturated heterocycles. The molecular formula is C15H24N4O2. The van der Waals surface area contributed by atoms with Gasteiger partial charge in [0.2, 0.25) is 11.8 Å². The van der Waals surface area contributed by atoms with Gasteiger partial charge in [0.15, 0.2) is 0 Å². The summed E-state index contributed by atoms with van der Waals surface area (Å²) in [5.41, 5.74) is 12.1. The van der Waals surface area contributed by atoms with Crippen molar-refractivity contribution < 1.29 is 9.59 Å². The number of amides is 2. The van der Waals surface area contributed by atoms with Crippen molar-refractivity contribution in [2.45, 2.75) is 26.8 Å². The lowest BCUT2D eigenvalue weighted by Crippen LogP contribution is -2.47. The van der Waals surface area contributed by atoms with Gasteiger partial charge >= 0.3 is 0 Å². The number of anilines is 2. The fraction of sp³-hybridized carbons (Fsp3) is 0.467. The normalized spacial score (nSPS) is 12.4. The van der Waals surface area contributed by atoms with Gasteiger partial charge < -0.3 is 16.8 Å². The molecule has 0 radical (unpaired) electrons. The van der Waals surface area contributed by atoms with Crippen LogP contribution in [0.2, 0.25) is 0 Å². The van der Waals surface area contributed by atoms with E-state index >= 15 is 0 Å². The van der Waals surface area contributed by atoms with Gasteiger partial charge in [0.25, 0.3) is 0 Å². The van der Waals surface area contributed by atoms with Gasteiger partial charge in [0.05, 0.1) is 12.6 Å². The first kappa shape index (κ1) is 17.0. The summed E-state index contributed by atoms with van der Waals surface area (Å²) in [5.74, 6) is -0.311. The molecule has 1 rings (SSSR count). The Morgan fingerprint density at radius 2 is 1.95 bits per heavy atom. The summed E-state index contributed by atoms with van der Waals surface area (Å²) in [6.45, 7) is 6.48. The van der Waals surface area contributed by atoms with Gasteiger partial charge in [0.1, 0.15) is 0 Å². The topological polar surface area (TPSA) is 101 Å². The van der Waals surface area contributed by atoms with E-state index < -0.39 is 11.9 Å². The molecule has 0 aliphatic carbocycles. The predicted octanol–water partition coefficient (Wildman–Crippen LogP) is 1.04. The number of carbonyl (C=O) groups excluding carboxylic acids is 2. The molecular weight excluding hydrogens is 268 g/mol. The lowest BCUT2D eigenvalue weighted by atomic mass is 10.1. The summed E-state index contributed by atoms with van der Waals surface area (Å²) in [6, 6.07) is 6.51. The number of rotatable bonds is 7. The average molecular weight is 292 g/mol. The van der Waals surface area contributed by atoms with E-state index in [1.807, 2.05) is 13.8 Å². The van der Waals surface area contributed by atoms with E-state index in [2.05, 4.69) is 5.32 Å². The second-order valence-electron chi connectivity index (χ2n) is 5.58. The maximum absolute atomic E-state index is 12.3. The van der Waals surface area contributed by atoms with Crippen LogP contribution in [0.15, 0.2) is 24.3 Å². The minimum absolute atomic E-state index is 0.0592. The van der Waals surface area contributed by atoms with Crippen molar-refractivity contribution in [1.82, 2.24) is 4.90 Å². The maximum Gasteiger partial charge on any atom is 0.241 e. The molecule has 1 unspecified atom stereocenters. The molecule has 0 spiro atoms. The number of hydrogen-bond acceptors (Lipinski definition) is 4. The summed E-state index contributed by atoms with van der Waals surface area (Å²) >= 11 is 0. The van der Waals surface area contributed by atoms with E-state index in [1.165, 1.54) is 0 Å². The largest absolute Gasteiger partial charge is 0.399 e. The highest BCUT2D eigenvalue weighted by molar-refractivity contribution is 5.95. The zero-order chi connectivity index (χ0) is 16.0. The number of nitrogens with two attached hydrogens (primary N) is 2. The molecule has 0 bridgehead atoms. The Morgan fingerprint density at radius 3 is 2.48 bits per heavy atom. The lowest BCUT2D eigenvalue weighted by Gasteiger charge is -2.28.